The van der Waals surface area contributed by atoms with E-state index in [4.69, 9.17) is 5.73 Å². The van der Waals surface area contributed by atoms with Gasteiger partial charge in [0.1, 0.15) is 0 Å². The van der Waals surface area contributed by atoms with E-state index in [1.807, 2.05) is 18.2 Å². The molecule has 0 fully saturated rings. The molecule has 5 heteroatoms. The van der Waals surface area contributed by atoms with Crippen LogP contribution in [0.2, 0.25) is 0 Å². The first-order valence-electron chi connectivity index (χ1n) is 6.41. The molecule has 0 bridgehead atoms. The van der Waals surface area contributed by atoms with Crippen LogP contribution in [0.25, 0.3) is 21.9 Å². The van der Waals surface area contributed by atoms with Crippen LogP contribution >= 0.6 is 0 Å². The number of rotatable bonds is 2. The van der Waals surface area contributed by atoms with E-state index < -0.39 is 5.91 Å². The Morgan fingerprint density at radius 3 is 2.52 bits per heavy atom. The maximum Gasteiger partial charge on any atom is 0.259 e. The lowest BCUT2D eigenvalue weighted by molar-refractivity contribution is 0.100. The highest BCUT2D eigenvalue weighted by Gasteiger charge is 2.09. The van der Waals surface area contributed by atoms with Crippen molar-refractivity contribution in [1.29, 1.82) is 0 Å². The Morgan fingerprint density at radius 2 is 1.86 bits per heavy atom. The third kappa shape index (κ3) is 2.18. The van der Waals surface area contributed by atoms with Crippen LogP contribution in [0.1, 0.15) is 10.4 Å². The van der Waals surface area contributed by atoms with Gasteiger partial charge in [-0.15, -0.1) is 0 Å². The van der Waals surface area contributed by atoms with Crippen LogP contribution in [0, 0.1) is 0 Å². The average Bonchev–Trinajstić information content (AvgIpc) is 2.51. The van der Waals surface area contributed by atoms with Crippen molar-refractivity contribution in [3.63, 3.8) is 0 Å². The van der Waals surface area contributed by atoms with E-state index in [0.29, 0.717) is 10.9 Å². The molecule has 0 unspecified atom stereocenters. The van der Waals surface area contributed by atoms with Crippen LogP contribution in [0.15, 0.2) is 53.7 Å². The smallest absolute Gasteiger partial charge is 0.259 e. The molecule has 2 N–H and O–H groups in total. The molecule has 0 aliphatic carbocycles. The van der Waals surface area contributed by atoms with Gasteiger partial charge in [0, 0.05) is 36.8 Å². The molecule has 2 heterocycles. The fraction of sp³-hybridized carbons (Fsp3) is 0.0625. The number of primary amides is 1. The van der Waals surface area contributed by atoms with Gasteiger partial charge in [0.05, 0.1) is 5.39 Å². The second kappa shape index (κ2) is 4.86. The maximum atomic E-state index is 12.1. The molecule has 3 aromatic rings. The number of benzene rings is 1. The number of carbonyl (C=O) groups is 1. The highest BCUT2D eigenvalue weighted by molar-refractivity contribution is 5.97. The lowest BCUT2D eigenvalue weighted by Crippen LogP contribution is -2.16. The standard InChI is InChI=1S/C16H13N3O2/c1-19-9-14(10-2-4-11(5-3-10)15(17)20)12-6-7-18-8-13(12)16(19)21/h2-9H,1H3,(H2,17,20). The highest BCUT2D eigenvalue weighted by atomic mass is 16.1. The predicted molar refractivity (Wildman–Crippen MR) is 80.9 cm³/mol. The zero-order chi connectivity index (χ0) is 15.0. The van der Waals surface area contributed by atoms with Crippen molar-refractivity contribution in [2.24, 2.45) is 12.8 Å². The summed E-state index contributed by atoms with van der Waals surface area (Å²) in [5.74, 6) is -0.462. The van der Waals surface area contributed by atoms with Crippen molar-refractivity contribution >= 4 is 16.7 Å². The summed E-state index contributed by atoms with van der Waals surface area (Å²) in [5.41, 5.74) is 7.43. The van der Waals surface area contributed by atoms with E-state index in [-0.39, 0.29) is 5.56 Å². The lowest BCUT2D eigenvalue weighted by Gasteiger charge is -2.09. The molecular weight excluding hydrogens is 266 g/mol. The number of nitrogens with zero attached hydrogens (tertiary/aromatic N) is 2. The van der Waals surface area contributed by atoms with E-state index >= 15 is 0 Å². The quantitative estimate of drug-likeness (QED) is 0.775. The molecule has 3 rings (SSSR count). The highest BCUT2D eigenvalue weighted by Crippen LogP contribution is 2.26. The van der Waals surface area contributed by atoms with Gasteiger partial charge in [-0.05, 0) is 29.1 Å². The summed E-state index contributed by atoms with van der Waals surface area (Å²) in [6.07, 6.45) is 5.01. The van der Waals surface area contributed by atoms with Gasteiger partial charge >= 0.3 is 0 Å². The van der Waals surface area contributed by atoms with Gasteiger partial charge in [-0.25, -0.2) is 0 Å². The van der Waals surface area contributed by atoms with E-state index in [1.54, 1.807) is 37.8 Å². The summed E-state index contributed by atoms with van der Waals surface area (Å²) in [5, 5.41) is 1.40. The molecule has 0 saturated heterocycles. The van der Waals surface area contributed by atoms with Crippen molar-refractivity contribution < 1.29 is 4.79 Å². The molecule has 0 spiro atoms. The zero-order valence-electron chi connectivity index (χ0n) is 11.4. The minimum absolute atomic E-state index is 0.0874. The molecule has 0 aliphatic rings. The van der Waals surface area contributed by atoms with E-state index in [9.17, 15) is 9.59 Å². The van der Waals surface area contributed by atoms with Crippen LogP contribution in [0.5, 0.6) is 0 Å². The van der Waals surface area contributed by atoms with E-state index in [0.717, 1.165) is 16.5 Å². The number of hydrogen-bond donors (Lipinski definition) is 1. The summed E-state index contributed by atoms with van der Waals surface area (Å²) in [4.78, 5) is 27.3. The van der Waals surface area contributed by atoms with Crippen molar-refractivity contribution in [3.8, 4) is 11.1 Å². The molecule has 21 heavy (non-hydrogen) atoms. The first-order valence-corrected chi connectivity index (χ1v) is 6.41. The normalized spacial score (nSPS) is 10.7. The average molecular weight is 279 g/mol. The zero-order valence-corrected chi connectivity index (χ0v) is 11.4. The third-order valence-electron chi connectivity index (χ3n) is 3.47. The Morgan fingerprint density at radius 1 is 1.14 bits per heavy atom. The lowest BCUT2D eigenvalue weighted by atomic mass is 10.0. The van der Waals surface area contributed by atoms with Crippen molar-refractivity contribution in [3.05, 3.63) is 64.8 Å². The number of fused-ring (bicyclic) bond motifs is 1. The second-order valence-corrected chi connectivity index (χ2v) is 4.82. The Balaban J connectivity index is 2.27. The summed E-state index contributed by atoms with van der Waals surface area (Å²) >= 11 is 0. The number of amides is 1. The van der Waals surface area contributed by atoms with Gasteiger partial charge < -0.3 is 10.3 Å². The predicted octanol–water partition coefficient (Wildman–Crippen LogP) is 1.70. The summed E-state index contributed by atoms with van der Waals surface area (Å²) in [7, 11) is 1.70. The molecule has 1 amide bonds. The molecule has 104 valence electrons. The van der Waals surface area contributed by atoms with Crippen molar-refractivity contribution in [2.75, 3.05) is 0 Å². The Labute approximate surface area is 120 Å². The molecule has 2 aromatic heterocycles. The number of carbonyl (C=O) groups excluding carboxylic acids is 1. The fourth-order valence-electron chi connectivity index (χ4n) is 2.36. The molecule has 0 saturated carbocycles. The summed E-state index contributed by atoms with van der Waals surface area (Å²) in [6.45, 7) is 0. The third-order valence-corrected chi connectivity index (χ3v) is 3.47. The maximum absolute atomic E-state index is 12.1. The Kier molecular flexibility index (Phi) is 3.02. The van der Waals surface area contributed by atoms with Gasteiger partial charge in [0.2, 0.25) is 5.91 Å². The summed E-state index contributed by atoms with van der Waals surface area (Å²) in [6, 6.07) is 8.80. The van der Waals surface area contributed by atoms with Gasteiger partial charge in [-0.2, -0.15) is 0 Å². The minimum Gasteiger partial charge on any atom is -0.366 e. The van der Waals surface area contributed by atoms with Gasteiger partial charge in [-0.1, -0.05) is 12.1 Å². The molecule has 0 atom stereocenters. The van der Waals surface area contributed by atoms with Crippen LogP contribution in [0.4, 0.5) is 0 Å². The number of aryl methyl sites for hydroxylation is 1. The number of nitrogens with two attached hydrogens (primary N) is 1. The first-order chi connectivity index (χ1) is 10.1. The molecule has 1 aromatic carbocycles. The van der Waals surface area contributed by atoms with Crippen LogP contribution in [0.3, 0.4) is 0 Å². The molecule has 0 aliphatic heterocycles. The van der Waals surface area contributed by atoms with Gasteiger partial charge in [-0.3, -0.25) is 14.6 Å². The van der Waals surface area contributed by atoms with Gasteiger partial charge in [0.15, 0.2) is 0 Å². The van der Waals surface area contributed by atoms with Crippen LogP contribution in [-0.4, -0.2) is 15.5 Å². The molecule has 0 radical (unpaired) electrons. The minimum atomic E-state index is -0.462. The number of hydrogen-bond acceptors (Lipinski definition) is 3. The van der Waals surface area contributed by atoms with Crippen LogP contribution in [-0.2, 0) is 7.05 Å². The number of aromatic nitrogens is 2. The van der Waals surface area contributed by atoms with E-state index in [1.165, 1.54) is 4.57 Å². The largest absolute Gasteiger partial charge is 0.366 e. The SMILES string of the molecule is Cn1cc(-c2ccc(C(N)=O)cc2)c2ccncc2c1=O. The van der Waals surface area contributed by atoms with Crippen molar-refractivity contribution in [1.82, 2.24) is 9.55 Å². The molecule has 5 nitrogen and oxygen atoms in total. The number of pyridine rings is 2. The molecular formula is C16H13N3O2. The Bertz CT molecular complexity index is 896. The summed E-state index contributed by atoms with van der Waals surface area (Å²) < 4.78 is 1.53. The van der Waals surface area contributed by atoms with Crippen LogP contribution < -0.4 is 11.3 Å². The first kappa shape index (κ1) is 13.1. The second-order valence-electron chi connectivity index (χ2n) is 4.82. The topological polar surface area (TPSA) is 78.0 Å². The fourth-order valence-corrected chi connectivity index (χ4v) is 2.36. The monoisotopic (exact) mass is 279 g/mol. The van der Waals surface area contributed by atoms with Gasteiger partial charge in [0.25, 0.3) is 5.56 Å². The van der Waals surface area contributed by atoms with Crippen molar-refractivity contribution in [2.45, 2.75) is 0 Å². The Hall–Kier alpha value is -2.95. The van der Waals surface area contributed by atoms with E-state index in [2.05, 4.69) is 4.98 Å².